The van der Waals surface area contributed by atoms with Crippen molar-refractivity contribution < 1.29 is 18.1 Å². The van der Waals surface area contributed by atoms with Gasteiger partial charge in [-0.1, -0.05) is 6.07 Å². The lowest BCUT2D eigenvalue weighted by molar-refractivity contribution is -0.385. The molecule has 1 saturated carbocycles. The molecular formula is C22H26N4O5S. The van der Waals surface area contributed by atoms with E-state index in [1.165, 1.54) is 16.4 Å². The fourth-order valence-electron chi connectivity index (χ4n) is 4.16. The number of pyridine rings is 1. The fraction of sp³-hybridized carbons (Fsp3) is 0.455. The summed E-state index contributed by atoms with van der Waals surface area (Å²) in [4.78, 5) is 29.6. The first-order valence-corrected chi connectivity index (χ1v) is 12.2. The Labute approximate surface area is 187 Å². The molecule has 1 aromatic heterocycles. The number of aryl methyl sites for hydroxylation is 1. The van der Waals surface area contributed by atoms with Crippen molar-refractivity contribution in [2.45, 2.75) is 50.1 Å². The molecule has 4 rings (SSSR count). The van der Waals surface area contributed by atoms with Gasteiger partial charge in [0, 0.05) is 56.1 Å². The van der Waals surface area contributed by atoms with E-state index in [1.54, 1.807) is 19.3 Å². The number of non-ortho nitro benzene ring substituents is 1. The van der Waals surface area contributed by atoms with Crippen molar-refractivity contribution in [3.63, 3.8) is 0 Å². The molecule has 1 aliphatic carbocycles. The van der Waals surface area contributed by atoms with Gasteiger partial charge in [-0.3, -0.25) is 19.9 Å². The second-order valence-electron chi connectivity index (χ2n) is 8.44. The summed E-state index contributed by atoms with van der Waals surface area (Å²) < 4.78 is 27.6. The van der Waals surface area contributed by atoms with Crippen LogP contribution in [0, 0.1) is 23.0 Å². The topological polar surface area (TPSA) is 114 Å². The Morgan fingerprint density at radius 3 is 2.41 bits per heavy atom. The highest BCUT2D eigenvalue weighted by molar-refractivity contribution is 7.89. The van der Waals surface area contributed by atoms with Gasteiger partial charge in [0.15, 0.2) is 0 Å². The first kappa shape index (κ1) is 22.3. The molecule has 1 saturated heterocycles. The molecule has 32 heavy (non-hydrogen) atoms. The summed E-state index contributed by atoms with van der Waals surface area (Å²) in [6.45, 7) is 2.60. The monoisotopic (exact) mass is 458 g/mol. The van der Waals surface area contributed by atoms with Gasteiger partial charge >= 0.3 is 0 Å². The molecule has 0 spiro atoms. The third-order valence-corrected chi connectivity index (χ3v) is 8.22. The number of nitro groups is 1. The number of amides is 1. The van der Waals surface area contributed by atoms with E-state index < -0.39 is 14.9 Å². The van der Waals surface area contributed by atoms with E-state index in [0.717, 1.165) is 24.5 Å². The highest BCUT2D eigenvalue weighted by Crippen LogP contribution is 2.33. The maximum absolute atomic E-state index is 13.3. The molecule has 0 unspecified atom stereocenters. The summed E-state index contributed by atoms with van der Waals surface area (Å²) in [6.07, 6.45) is 6.29. The number of sulfonamides is 1. The number of nitro benzene ring substituents is 1. The van der Waals surface area contributed by atoms with Crippen molar-refractivity contribution in [1.82, 2.24) is 14.2 Å². The first-order chi connectivity index (χ1) is 15.3. The lowest BCUT2D eigenvalue weighted by atomic mass is 9.96. The van der Waals surface area contributed by atoms with Crippen molar-refractivity contribution >= 4 is 21.6 Å². The summed E-state index contributed by atoms with van der Waals surface area (Å²) in [5.41, 5.74) is 1.24. The Bertz CT molecular complexity index is 1110. The zero-order valence-corrected chi connectivity index (χ0v) is 18.7. The van der Waals surface area contributed by atoms with Crippen LogP contribution >= 0.6 is 0 Å². The molecule has 2 aliphatic rings. The maximum Gasteiger partial charge on any atom is 0.270 e. The summed E-state index contributed by atoms with van der Waals surface area (Å²) in [7, 11) is -3.87. The minimum absolute atomic E-state index is 0.0474. The SMILES string of the molecule is Cc1ccc([N+](=O)[O-])cc1S(=O)(=O)N1CCC(C(=O)N(Cc2ccncc2)C2CC2)CC1. The lowest BCUT2D eigenvalue weighted by Gasteiger charge is -2.34. The molecule has 170 valence electrons. The number of aromatic nitrogens is 1. The number of carbonyl (C=O) groups is 1. The number of hydrogen-bond acceptors (Lipinski definition) is 6. The van der Waals surface area contributed by atoms with Gasteiger partial charge in [-0.25, -0.2) is 8.42 Å². The van der Waals surface area contributed by atoms with E-state index in [1.807, 2.05) is 17.0 Å². The summed E-state index contributed by atoms with van der Waals surface area (Å²) in [5.74, 6) is -0.150. The van der Waals surface area contributed by atoms with Crippen LogP contribution < -0.4 is 0 Å². The molecule has 1 amide bonds. The fourth-order valence-corrected chi connectivity index (χ4v) is 5.87. The average Bonchev–Trinajstić information content (AvgIpc) is 3.63. The molecule has 2 heterocycles. The molecule has 2 aromatic rings. The minimum Gasteiger partial charge on any atom is -0.335 e. The Morgan fingerprint density at radius 1 is 1.16 bits per heavy atom. The molecule has 0 bridgehead atoms. The van der Waals surface area contributed by atoms with Crippen molar-refractivity contribution in [1.29, 1.82) is 0 Å². The first-order valence-electron chi connectivity index (χ1n) is 10.7. The number of nitrogens with zero attached hydrogens (tertiary/aromatic N) is 4. The van der Waals surface area contributed by atoms with E-state index in [9.17, 15) is 23.3 Å². The number of benzene rings is 1. The van der Waals surface area contributed by atoms with E-state index in [2.05, 4.69) is 4.98 Å². The zero-order valence-electron chi connectivity index (χ0n) is 17.9. The largest absolute Gasteiger partial charge is 0.335 e. The van der Waals surface area contributed by atoms with E-state index >= 15 is 0 Å². The van der Waals surface area contributed by atoms with Crippen LogP contribution in [-0.4, -0.2) is 52.6 Å². The summed E-state index contributed by atoms with van der Waals surface area (Å²) in [6, 6.07) is 7.93. The van der Waals surface area contributed by atoms with Gasteiger partial charge in [0.1, 0.15) is 0 Å². The highest BCUT2D eigenvalue weighted by Gasteiger charge is 2.39. The van der Waals surface area contributed by atoms with Crippen LogP contribution in [0.25, 0.3) is 0 Å². The average molecular weight is 459 g/mol. The quantitative estimate of drug-likeness (QED) is 0.466. The number of carbonyl (C=O) groups excluding carboxylic acids is 1. The van der Waals surface area contributed by atoms with Crippen molar-refractivity contribution in [2.24, 2.45) is 5.92 Å². The maximum atomic E-state index is 13.3. The van der Waals surface area contributed by atoms with Crippen LogP contribution in [0.1, 0.15) is 36.8 Å². The van der Waals surface area contributed by atoms with Gasteiger partial charge < -0.3 is 4.90 Å². The van der Waals surface area contributed by atoms with E-state index in [4.69, 9.17) is 0 Å². The van der Waals surface area contributed by atoms with E-state index in [-0.39, 0.29) is 41.5 Å². The van der Waals surface area contributed by atoms with Gasteiger partial charge in [-0.2, -0.15) is 4.31 Å². The van der Waals surface area contributed by atoms with Crippen LogP contribution in [0.4, 0.5) is 5.69 Å². The van der Waals surface area contributed by atoms with Crippen LogP contribution in [-0.2, 0) is 21.4 Å². The lowest BCUT2D eigenvalue weighted by Crippen LogP contribution is -2.45. The van der Waals surface area contributed by atoms with Crippen molar-refractivity contribution in [3.8, 4) is 0 Å². The molecule has 0 atom stereocenters. The predicted molar refractivity (Wildman–Crippen MR) is 117 cm³/mol. The Hall–Kier alpha value is -2.85. The molecule has 1 aliphatic heterocycles. The molecule has 1 aromatic carbocycles. The van der Waals surface area contributed by atoms with Crippen molar-refractivity contribution in [2.75, 3.05) is 13.1 Å². The Kier molecular flexibility index (Phi) is 6.25. The van der Waals surface area contributed by atoms with Gasteiger partial charge in [0.05, 0.1) is 9.82 Å². The normalized spacial score (nSPS) is 17.8. The van der Waals surface area contributed by atoms with Crippen molar-refractivity contribution in [3.05, 3.63) is 64.0 Å². The second-order valence-corrected chi connectivity index (χ2v) is 10.3. The Morgan fingerprint density at radius 2 is 1.81 bits per heavy atom. The van der Waals surface area contributed by atoms with E-state index in [0.29, 0.717) is 24.9 Å². The van der Waals surface area contributed by atoms with Crippen LogP contribution in [0.3, 0.4) is 0 Å². The number of hydrogen-bond donors (Lipinski definition) is 0. The van der Waals surface area contributed by atoms with Gasteiger partial charge in [-0.15, -0.1) is 0 Å². The zero-order chi connectivity index (χ0) is 22.9. The molecule has 9 nitrogen and oxygen atoms in total. The molecule has 0 N–H and O–H groups in total. The molecule has 10 heteroatoms. The third kappa shape index (κ3) is 4.66. The predicted octanol–water partition coefficient (Wildman–Crippen LogP) is 2.89. The second kappa shape index (κ2) is 8.95. The van der Waals surface area contributed by atoms with Crippen LogP contribution in [0.2, 0.25) is 0 Å². The minimum atomic E-state index is -3.87. The smallest absolute Gasteiger partial charge is 0.270 e. The summed E-state index contributed by atoms with van der Waals surface area (Å²) >= 11 is 0. The Balaban J connectivity index is 1.45. The van der Waals surface area contributed by atoms with Gasteiger partial charge in [-0.05, 0) is 55.9 Å². The summed E-state index contributed by atoms with van der Waals surface area (Å²) in [5, 5.41) is 11.1. The number of rotatable bonds is 7. The van der Waals surface area contributed by atoms with Gasteiger partial charge in [0.2, 0.25) is 15.9 Å². The van der Waals surface area contributed by atoms with Crippen LogP contribution in [0.5, 0.6) is 0 Å². The third-order valence-electron chi connectivity index (χ3n) is 6.18. The highest BCUT2D eigenvalue weighted by atomic mass is 32.2. The molecule has 0 radical (unpaired) electrons. The molecule has 2 fully saturated rings. The number of piperidine rings is 1. The van der Waals surface area contributed by atoms with Crippen LogP contribution in [0.15, 0.2) is 47.6 Å². The standard InChI is InChI=1S/C22H26N4O5S/c1-16-2-3-20(26(28)29)14-21(16)32(30,31)24-12-8-18(9-13-24)22(27)25(19-4-5-19)15-17-6-10-23-11-7-17/h2-3,6-7,10-11,14,18-19H,4-5,8-9,12-13,15H2,1H3. The molecular weight excluding hydrogens is 432 g/mol. The van der Waals surface area contributed by atoms with Gasteiger partial charge in [0.25, 0.3) is 5.69 Å².